The van der Waals surface area contributed by atoms with Gasteiger partial charge in [0.2, 0.25) is 5.91 Å². The van der Waals surface area contributed by atoms with E-state index in [1.807, 2.05) is 61.2 Å². The first kappa shape index (κ1) is 18.9. The fourth-order valence-corrected chi connectivity index (χ4v) is 4.75. The van der Waals surface area contributed by atoms with Gasteiger partial charge in [-0.3, -0.25) is 9.59 Å². The molecule has 2 amide bonds. The van der Waals surface area contributed by atoms with Gasteiger partial charge in [-0.05, 0) is 62.6 Å². The Morgan fingerprint density at radius 2 is 2.04 bits per heavy atom. The third-order valence-electron chi connectivity index (χ3n) is 5.25. The number of amides is 2. The first-order chi connectivity index (χ1) is 13.6. The van der Waals surface area contributed by atoms with Gasteiger partial charge >= 0.3 is 0 Å². The molecule has 5 nitrogen and oxygen atoms in total. The number of hydrogen-bond acceptors (Lipinski definition) is 4. The maximum atomic E-state index is 13.2. The van der Waals surface area contributed by atoms with Crippen LogP contribution < -0.4 is 10.1 Å². The number of thioether (sulfide) groups is 1. The van der Waals surface area contributed by atoms with E-state index in [0.717, 1.165) is 41.3 Å². The highest BCUT2D eigenvalue weighted by atomic mass is 32.2. The lowest BCUT2D eigenvalue weighted by atomic mass is 10.0. The van der Waals surface area contributed by atoms with E-state index >= 15 is 0 Å². The van der Waals surface area contributed by atoms with Crippen LogP contribution in [0.4, 0.5) is 5.69 Å². The molecule has 1 fully saturated rings. The summed E-state index contributed by atoms with van der Waals surface area (Å²) >= 11 is 1.53. The minimum absolute atomic E-state index is 0.0112. The molecule has 2 atom stereocenters. The van der Waals surface area contributed by atoms with Gasteiger partial charge in [-0.2, -0.15) is 0 Å². The van der Waals surface area contributed by atoms with E-state index in [9.17, 15) is 9.59 Å². The molecule has 2 heterocycles. The lowest BCUT2D eigenvalue weighted by molar-refractivity contribution is -0.115. The normalized spacial score (nSPS) is 21.2. The van der Waals surface area contributed by atoms with Gasteiger partial charge in [-0.15, -0.1) is 11.8 Å². The number of nitrogens with one attached hydrogen (secondary N) is 1. The van der Waals surface area contributed by atoms with Gasteiger partial charge in [-0.1, -0.05) is 12.1 Å². The predicted molar refractivity (Wildman–Crippen MR) is 111 cm³/mol. The fraction of sp³-hybridized carbons (Fsp3) is 0.364. The molecule has 1 saturated heterocycles. The van der Waals surface area contributed by atoms with Crippen LogP contribution in [0.1, 0.15) is 48.7 Å². The summed E-state index contributed by atoms with van der Waals surface area (Å²) in [7, 11) is 0. The molecule has 0 aliphatic carbocycles. The molecule has 0 saturated carbocycles. The summed E-state index contributed by atoms with van der Waals surface area (Å²) in [4.78, 5) is 28.1. The summed E-state index contributed by atoms with van der Waals surface area (Å²) in [5.41, 5.74) is 2.48. The second kappa shape index (κ2) is 7.87. The van der Waals surface area contributed by atoms with Crippen molar-refractivity contribution in [2.24, 2.45) is 0 Å². The van der Waals surface area contributed by atoms with Crippen molar-refractivity contribution in [1.82, 2.24) is 4.90 Å². The molecule has 2 aliphatic heterocycles. The summed E-state index contributed by atoms with van der Waals surface area (Å²) in [6.45, 7) is 5.23. The predicted octanol–water partition coefficient (Wildman–Crippen LogP) is 4.50. The maximum absolute atomic E-state index is 13.2. The van der Waals surface area contributed by atoms with Crippen LogP contribution in [0.3, 0.4) is 0 Å². The van der Waals surface area contributed by atoms with Crippen molar-refractivity contribution in [3.8, 4) is 5.75 Å². The van der Waals surface area contributed by atoms with E-state index in [1.165, 1.54) is 11.8 Å². The number of benzene rings is 2. The van der Waals surface area contributed by atoms with Crippen molar-refractivity contribution >= 4 is 29.3 Å². The van der Waals surface area contributed by atoms with Crippen LogP contribution in [0.2, 0.25) is 0 Å². The highest BCUT2D eigenvalue weighted by molar-refractivity contribution is 8.00. The van der Waals surface area contributed by atoms with E-state index < -0.39 is 0 Å². The average Bonchev–Trinajstić information content (AvgIpc) is 3.18. The number of carbonyl (C=O) groups is 2. The van der Waals surface area contributed by atoms with Crippen molar-refractivity contribution in [3.63, 3.8) is 0 Å². The number of likely N-dealkylation sites (tertiary alicyclic amines) is 1. The van der Waals surface area contributed by atoms with Gasteiger partial charge in [0.1, 0.15) is 5.75 Å². The standard InChI is InChI=1S/C22H24N2O3S/c1-3-27-17-9-6-15(7-10-17)19-5-4-12-24(19)22(26)16-8-11-20-18(13-16)23-21(25)14(2)28-20/h6-11,13-14,19H,3-5,12H2,1-2H3,(H,23,25). The van der Waals surface area contributed by atoms with Crippen molar-refractivity contribution in [3.05, 3.63) is 53.6 Å². The molecule has 4 rings (SSSR count). The zero-order valence-electron chi connectivity index (χ0n) is 16.1. The number of nitrogens with zero attached hydrogens (tertiary/aromatic N) is 1. The molecule has 2 unspecified atom stereocenters. The number of carbonyl (C=O) groups excluding carboxylic acids is 2. The smallest absolute Gasteiger partial charge is 0.254 e. The lowest BCUT2D eigenvalue weighted by Crippen LogP contribution is -2.31. The summed E-state index contributed by atoms with van der Waals surface area (Å²) in [5.74, 6) is 0.840. The summed E-state index contributed by atoms with van der Waals surface area (Å²) in [6, 6.07) is 13.7. The molecule has 0 aromatic heterocycles. The Bertz CT molecular complexity index is 897. The minimum atomic E-state index is -0.114. The monoisotopic (exact) mass is 396 g/mol. The Labute approximate surface area is 169 Å². The van der Waals surface area contributed by atoms with Crippen LogP contribution in [0.5, 0.6) is 5.75 Å². The second-order valence-electron chi connectivity index (χ2n) is 7.12. The molecule has 0 radical (unpaired) electrons. The van der Waals surface area contributed by atoms with Crippen molar-refractivity contribution in [1.29, 1.82) is 0 Å². The van der Waals surface area contributed by atoms with Crippen molar-refractivity contribution in [2.45, 2.75) is 42.9 Å². The molecule has 6 heteroatoms. The highest BCUT2D eigenvalue weighted by Crippen LogP contribution is 2.38. The first-order valence-corrected chi connectivity index (χ1v) is 10.6. The topological polar surface area (TPSA) is 58.6 Å². The summed E-state index contributed by atoms with van der Waals surface area (Å²) in [6.07, 6.45) is 1.94. The van der Waals surface area contributed by atoms with Crippen LogP contribution in [0, 0.1) is 0 Å². The number of anilines is 1. The van der Waals surface area contributed by atoms with E-state index in [0.29, 0.717) is 12.2 Å². The number of ether oxygens (including phenoxy) is 1. The first-order valence-electron chi connectivity index (χ1n) is 9.72. The molecule has 1 N–H and O–H groups in total. The average molecular weight is 397 g/mol. The van der Waals surface area contributed by atoms with Crippen molar-refractivity contribution < 1.29 is 14.3 Å². The zero-order valence-corrected chi connectivity index (χ0v) is 16.9. The molecule has 146 valence electrons. The van der Waals surface area contributed by atoms with E-state index in [4.69, 9.17) is 4.74 Å². The van der Waals surface area contributed by atoms with Gasteiger partial charge in [0, 0.05) is 17.0 Å². The molecule has 0 spiro atoms. The van der Waals surface area contributed by atoms with E-state index in [-0.39, 0.29) is 23.1 Å². The Balaban J connectivity index is 1.55. The Morgan fingerprint density at radius 1 is 1.25 bits per heavy atom. The Kier molecular flexibility index (Phi) is 5.31. The van der Waals surface area contributed by atoms with Crippen LogP contribution in [0.15, 0.2) is 47.4 Å². The van der Waals surface area contributed by atoms with Crippen LogP contribution in [-0.2, 0) is 4.79 Å². The summed E-state index contributed by atoms with van der Waals surface area (Å²) < 4.78 is 5.52. The van der Waals surface area contributed by atoms with E-state index in [2.05, 4.69) is 5.32 Å². The third-order valence-corrected chi connectivity index (χ3v) is 6.42. The molecular formula is C22H24N2O3S. The fourth-order valence-electron chi connectivity index (χ4n) is 3.82. The molecule has 28 heavy (non-hydrogen) atoms. The Morgan fingerprint density at radius 3 is 2.79 bits per heavy atom. The molecule has 0 bridgehead atoms. The third kappa shape index (κ3) is 3.61. The van der Waals surface area contributed by atoms with Gasteiger partial charge in [0.15, 0.2) is 0 Å². The molecule has 2 aromatic rings. The van der Waals surface area contributed by atoms with Crippen molar-refractivity contribution in [2.75, 3.05) is 18.5 Å². The molecule has 2 aliphatic rings. The Hall–Kier alpha value is -2.47. The highest BCUT2D eigenvalue weighted by Gasteiger charge is 2.31. The zero-order chi connectivity index (χ0) is 19.7. The van der Waals surface area contributed by atoms with Gasteiger partial charge < -0.3 is 15.0 Å². The SMILES string of the molecule is CCOc1ccc(C2CCCN2C(=O)c2ccc3c(c2)NC(=O)C(C)S3)cc1. The minimum Gasteiger partial charge on any atom is -0.494 e. The van der Waals surface area contributed by atoms with Gasteiger partial charge in [0.25, 0.3) is 5.91 Å². The lowest BCUT2D eigenvalue weighted by Gasteiger charge is -2.27. The van der Waals surface area contributed by atoms with Gasteiger partial charge in [0.05, 0.1) is 23.6 Å². The van der Waals surface area contributed by atoms with Crippen LogP contribution in [0.25, 0.3) is 0 Å². The summed E-state index contributed by atoms with van der Waals surface area (Å²) in [5, 5.41) is 2.80. The molecule has 2 aromatic carbocycles. The molecular weight excluding hydrogens is 372 g/mol. The van der Waals surface area contributed by atoms with Gasteiger partial charge in [-0.25, -0.2) is 0 Å². The van der Waals surface area contributed by atoms with Crippen LogP contribution in [-0.4, -0.2) is 35.1 Å². The largest absolute Gasteiger partial charge is 0.494 e. The number of fused-ring (bicyclic) bond motifs is 1. The van der Waals surface area contributed by atoms with Crippen LogP contribution >= 0.6 is 11.8 Å². The number of hydrogen-bond donors (Lipinski definition) is 1. The van der Waals surface area contributed by atoms with E-state index in [1.54, 1.807) is 0 Å². The second-order valence-corrected chi connectivity index (χ2v) is 8.50. The maximum Gasteiger partial charge on any atom is 0.254 e. The quantitative estimate of drug-likeness (QED) is 0.827. The number of rotatable bonds is 4.